The van der Waals surface area contributed by atoms with Crippen LogP contribution in [-0.2, 0) is 0 Å². The number of nitrogens with one attached hydrogen (secondary N) is 4. The minimum atomic E-state index is 0.387. The maximum absolute atomic E-state index is 3.51. The Kier molecular flexibility index (Phi) is 2.32. The molecule has 2 aliphatic rings. The van der Waals surface area contributed by atoms with Crippen molar-refractivity contribution in [3.05, 3.63) is 0 Å². The van der Waals surface area contributed by atoms with Crippen LogP contribution in [0.25, 0.3) is 0 Å². The molecule has 2 aliphatic heterocycles. The normalized spacial score (nSPS) is 48.5. The molecule has 2 saturated heterocycles. The zero-order valence-electron chi connectivity index (χ0n) is 7.72. The van der Waals surface area contributed by atoms with Crippen LogP contribution < -0.4 is 21.3 Å². The van der Waals surface area contributed by atoms with Crippen molar-refractivity contribution in [2.75, 3.05) is 13.1 Å². The molecule has 0 amide bonds. The van der Waals surface area contributed by atoms with Gasteiger partial charge in [0.25, 0.3) is 0 Å². The molecule has 0 saturated carbocycles. The molecule has 4 heteroatoms. The topological polar surface area (TPSA) is 48.1 Å². The molecule has 4 atom stereocenters. The van der Waals surface area contributed by atoms with Crippen molar-refractivity contribution in [2.45, 2.75) is 38.3 Å². The van der Waals surface area contributed by atoms with Crippen LogP contribution in [0.3, 0.4) is 0 Å². The van der Waals surface area contributed by atoms with Gasteiger partial charge in [0, 0.05) is 25.2 Å². The molecular formula is C8H18N4. The lowest BCUT2D eigenvalue weighted by Crippen LogP contribution is -2.74. The van der Waals surface area contributed by atoms with Gasteiger partial charge in [-0.1, -0.05) is 0 Å². The van der Waals surface area contributed by atoms with Crippen molar-refractivity contribution in [3.8, 4) is 0 Å². The van der Waals surface area contributed by atoms with Crippen LogP contribution in [-0.4, -0.2) is 37.5 Å². The van der Waals surface area contributed by atoms with E-state index in [1.54, 1.807) is 0 Å². The maximum Gasteiger partial charge on any atom is 0.0871 e. The largest absolute Gasteiger partial charge is 0.298 e. The van der Waals surface area contributed by atoms with Crippen molar-refractivity contribution in [1.82, 2.24) is 21.3 Å². The highest BCUT2D eigenvalue weighted by molar-refractivity contribution is 4.92. The number of rotatable bonds is 0. The first-order valence-corrected chi connectivity index (χ1v) is 4.74. The van der Waals surface area contributed by atoms with Gasteiger partial charge in [-0.15, -0.1) is 0 Å². The fraction of sp³-hybridized carbons (Fsp3) is 1.00. The summed E-state index contributed by atoms with van der Waals surface area (Å²) in [6, 6.07) is 1.12. The lowest BCUT2D eigenvalue weighted by molar-refractivity contribution is 0.161. The van der Waals surface area contributed by atoms with Gasteiger partial charge in [0.2, 0.25) is 0 Å². The smallest absolute Gasteiger partial charge is 0.0871 e. The second kappa shape index (κ2) is 3.30. The molecule has 12 heavy (non-hydrogen) atoms. The van der Waals surface area contributed by atoms with Crippen LogP contribution in [0.1, 0.15) is 13.8 Å². The van der Waals surface area contributed by atoms with E-state index in [1.807, 2.05) is 0 Å². The minimum Gasteiger partial charge on any atom is -0.298 e. The van der Waals surface area contributed by atoms with E-state index in [0.29, 0.717) is 24.4 Å². The lowest BCUT2D eigenvalue weighted by Gasteiger charge is -2.43. The Hall–Kier alpha value is -0.160. The highest BCUT2D eigenvalue weighted by Crippen LogP contribution is 2.02. The van der Waals surface area contributed by atoms with Crippen LogP contribution in [0.5, 0.6) is 0 Å². The number of hydrogen-bond donors (Lipinski definition) is 4. The SMILES string of the molecule is C[C@@H]1CNC2NC[C@H](C)NC2N1. The van der Waals surface area contributed by atoms with E-state index in [-0.39, 0.29) is 0 Å². The third-order valence-electron chi connectivity index (χ3n) is 2.55. The van der Waals surface area contributed by atoms with Crippen LogP contribution >= 0.6 is 0 Å². The molecular weight excluding hydrogens is 152 g/mol. The zero-order chi connectivity index (χ0) is 8.55. The summed E-state index contributed by atoms with van der Waals surface area (Å²) >= 11 is 0. The molecule has 2 fully saturated rings. The van der Waals surface area contributed by atoms with Gasteiger partial charge < -0.3 is 0 Å². The molecule has 4 nitrogen and oxygen atoms in total. The Balaban J connectivity index is 1.94. The molecule has 0 radical (unpaired) electrons. The van der Waals surface area contributed by atoms with Crippen LogP contribution in [0.15, 0.2) is 0 Å². The van der Waals surface area contributed by atoms with Crippen molar-refractivity contribution >= 4 is 0 Å². The van der Waals surface area contributed by atoms with E-state index in [1.165, 1.54) is 0 Å². The third kappa shape index (κ3) is 1.61. The van der Waals surface area contributed by atoms with Crippen molar-refractivity contribution in [3.63, 3.8) is 0 Å². The van der Waals surface area contributed by atoms with Crippen molar-refractivity contribution in [1.29, 1.82) is 0 Å². The van der Waals surface area contributed by atoms with Gasteiger partial charge in [-0.25, -0.2) is 0 Å². The van der Waals surface area contributed by atoms with Gasteiger partial charge in [-0.2, -0.15) is 0 Å². The van der Waals surface area contributed by atoms with Gasteiger partial charge >= 0.3 is 0 Å². The molecule has 2 unspecified atom stereocenters. The Bertz CT molecular complexity index is 145. The zero-order valence-corrected chi connectivity index (χ0v) is 7.72. The van der Waals surface area contributed by atoms with Crippen LogP contribution in [0, 0.1) is 0 Å². The van der Waals surface area contributed by atoms with E-state index in [4.69, 9.17) is 0 Å². The highest BCUT2D eigenvalue weighted by atomic mass is 15.3. The van der Waals surface area contributed by atoms with E-state index < -0.39 is 0 Å². The molecule has 70 valence electrons. The van der Waals surface area contributed by atoms with E-state index in [0.717, 1.165) is 13.1 Å². The summed E-state index contributed by atoms with van der Waals surface area (Å²) in [6.45, 7) is 6.49. The quantitative estimate of drug-likeness (QED) is 0.369. The summed E-state index contributed by atoms with van der Waals surface area (Å²) in [5.41, 5.74) is 0. The molecule has 4 N–H and O–H groups in total. The summed E-state index contributed by atoms with van der Waals surface area (Å²) in [7, 11) is 0. The summed E-state index contributed by atoms with van der Waals surface area (Å²) in [6.07, 6.45) is 0.787. The molecule has 0 aromatic heterocycles. The predicted molar refractivity (Wildman–Crippen MR) is 48.8 cm³/mol. The Labute approximate surface area is 73.5 Å². The number of fused-ring (bicyclic) bond motifs is 1. The molecule has 0 aromatic rings. The predicted octanol–water partition coefficient (Wildman–Crippen LogP) is -1.20. The fourth-order valence-corrected chi connectivity index (χ4v) is 1.89. The summed E-state index contributed by atoms with van der Waals surface area (Å²) < 4.78 is 0. The maximum atomic E-state index is 3.51. The Morgan fingerprint density at radius 2 is 1.33 bits per heavy atom. The van der Waals surface area contributed by atoms with Crippen LogP contribution in [0.2, 0.25) is 0 Å². The minimum absolute atomic E-state index is 0.387. The van der Waals surface area contributed by atoms with Gasteiger partial charge in [0.1, 0.15) is 0 Å². The molecule has 0 spiro atoms. The van der Waals surface area contributed by atoms with Gasteiger partial charge in [0.05, 0.1) is 12.3 Å². The second-order valence-electron chi connectivity index (χ2n) is 3.91. The van der Waals surface area contributed by atoms with E-state index in [9.17, 15) is 0 Å². The van der Waals surface area contributed by atoms with Gasteiger partial charge in [0.15, 0.2) is 0 Å². The summed E-state index contributed by atoms with van der Waals surface area (Å²) in [5.74, 6) is 0. The van der Waals surface area contributed by atoms with Crippen LogP contribution in [0.4, 0.5) is 0 Å². The average molecular weight is 170 g/mol. The molecule has 0 bridgehead atoms. The Morgan fingerprint density at radius 1 is 0.833 bits per heavy atom. The first-order valence-electron chi connectivity index (χ1n) is 4.74. The molecule has 2 rings (SSSR count). The first kappa shape index (κ1) is 8.44. The summed E-state index contributed by atoms with van der Waals surface area (Å²) in [5, 5.41) is 13.9. The average Bonchev–Trinajstić information content (AvgIpc) is 2.03. The van der Waals surface area contributed by atoms with Gasteiger partial charge in [-0.05, 0) is 13.8 Å². The second-order valence-corrected chi connectivity index (χ2v) is 3.91. The lowest BCUT2D eigenvalue weighted by atomic mass is 10.1. The molecule has 2 heterocycles. The van der Waals surface area contributed by atoms with Gasteiger partial charge in [-0.3, -0.25) is 21.3 Å². The van der Waals surface area contributed by atoms with E-state index >= 15 is 0 Å². The Morgan fingerprint density at radius 3 is 1.83 bits per heavy atom. The van der Waals surface area contributed by atoms with E-state index in [2.05, 4.69) is 35.1 Å². The fourth-order valence-electron chi connectivity index (χ4n) is 1.89. The standard InChI is InChI=1S/C8H18N4/c1-5-3-9-7-8(11-5)12-6(2)4-10-7/h5-12H,3-4H2,1-2H3/t5-,6+,7?,8?. The first-order chi connectivity index (χ1) is 5.75. The molecule has 0 aliphatic carbocycles. The number of hydrogen-bond acceptors (Lipinski definition) is 4. The highest BCUT2D eigenvalue weighted by Gasteiger charge is 2.31. The monoisotopic (exact) mass is 170 g/mol. The number of piperazine rings is 2. The molecule has 0 aromatic carbocycles. The summed E-state index contributed by atoms with van der Waals surface area (Å²) in [4.78, 5) is 0. The third-order valence-corrected chi connectivity index (χ3v) is 2.55. The van der Waals surface area contributed by atoms with Crippen molar-refractivity contribution < 1.29 is 0 Å². The van der Waals surface area contributed by atoms with Crippen molar-refractivity contribution in [2.24, 2.45) is 0 Å².